The van der Waals surface area contributed by atoms with Gasteiger partial charge in [-0.2, -0.15) is 0 Å². The lowest BCUT2D eigenvalue weighted by atomic mass is 10.1. The van der Waals surface area contributed by atoms with Crippen molar-refractivity contribution in [2.24, 2.45) is 5.73 Å². The van der Waals surface area contributed by atoms with Crippen molar-refractivity contribution >= 4 is 0 Å². The summed E-state index contributed by atoms with van der Waals surface area (Å²) in [6.07, 6.45) is 0. The second kappa shape index (κ2) is 5.31. The highest BCUT2D eigenvalue weighted by molar-refractivity contribution is 5.35. The predicted molar refractivity (Wildman–Crippen MR) is 58.0 cm³/mol. The molecule has 0 aromatic heterocycles. The number of hydrogen-bond donors (Lipinski definition) is 1. The maximum Gasteiger partial charge on any atom is 0.149 e. The van der Waals surface area contributed by atoms with E-state index in [1.807, 2.05) is 31.2 Å². The molecule has 0 heterocycles. The SMILES string of the molecule is CC#CCOc1ccccc1[C@H](C)N. The highest BCUT2D eigenvalue weighted by Crippen LogP contribution is 2.22. The molecule has 74 valence electrons. The fourth-order valence-corrected chi connectivity index (χ4v) is 1.17. The Morgan fingerprint density at radius 2 is 2.14 bits per heavy atom. The molecule has 0 spiro atoms. The minimum atomic E-state index is -0.0132. The van der Waals surface area contributed by atoms with E-state index in [9.17, 15) is 0 Å². The van der Waals surface area contributed by atoms with Crippen LogP contribution < -0.4 is 10.5 Å². The topological polar surface area (TPSA) is 35.2 Å². The van der Waals surface area contributed by atoms with Gasteiger partial charge in [0.15, 0.2) is 0 Å². The van der Waals surface area contributed by atoms with Crippen LogP contribution >= 0.6 is 0 Å². The number of benzene rings is 1. The third-order valence-electron chi connectivity index (χ3n) is 1.89. The molecular formula is C12H15NO. The summed E-state index contributed by atoms with van der Waals surface area (Å²) in [5, 5.41) is 0. The first-order valence-electron chi connectivity index (χ1n) is 4.62. The number of hydrogen-bond acceptors (Lipinski definition) is 2. The maximum absolute atomic E-state index is 5.80. The summed E-state index contributed by atoms with van der Waals surface area (Å²) in [6, 6.07) is 7.76. The molecule has 0 radical (unpaired) electrons. The molecule has 0 amide bonds. The van der Waals surface area contributed by atoms with Gasteiger partial charge in [-0.3, -0.25) is 0 Å². The Labute approximate surface area is 85.1 Å². The Hall–Kier alpha value is -1.46. The molecule has 1 aromatic rings. The number of rotatable bonds is 3. The normalized spacial score (nSPS) is 11.4. The molecule has 0 saturated heterocycles. The van der Waals surface area contributed by atoms with Gasteiger partial charge in [-0.15, -0.1) is 5.92 Å². The molecule has 14 heavy (non-hydrogen) atoms. The maximum atomic E-state index is 5.80. The van der Waals surface area contributed by atoms with Gasteiger partial charge in [-0.25, -0.2) is 0 Å². The first-order chi connectivity index (χ1) is 6.75. The summed E-state index contributed by atoms with van der Waals surface area (Å²) >= 11 is 0. The van der Waals surface area contributed by atoms with Crippen LogP contribution in [0.4, 0.5) is 0 Å². The Kier molecular flexibility index (Phi) is 4.03. The molecule has 1 rings (SSSR count). The van der Waals surface area contributed by atoms with Crippen LogP contribution in [0, 0.1) is 11.8 Å². The number of nitrogens with two attached hydrogens (primary N) is 1. The zero-order valence-corrected chi connectivity index (χ0v) is 8.58. The van der Waals surface area contributed by atoms with Gasteiger partial charge >= 0.3 is 0 Å². The lowest BCUT2D eigenvalue weighted by molar-refractivity contribution is 0.364. The molecule has 0 unspecified atom stereocenters. The zero-order chi connectivity index (χ0) is 10.4. The van der Waals surface area contributed by atoms with E-state index in [0.29, 0.717) is 6.61 Å². The van der Waals surface area contributed by atoms with Gasteiger partial charge in [-0.1, -0.05) is 24.1 Å². The van der Waals surface area contributed by atoms with E-state index in [2.05, 4.69) is 11.8 Å². The molecule has 1 atom stereocenters. The van der Waals surface area contributed by atoms with E-state index in [-0.39, 0.29) is 6.04 Å². The molecule has 0 bridgehead atoms. The standard InChI is InChI=1S/C12H15NO/c1-3-4-9-14-12-8-6-5-7-11(12)10(2)13/h5-8,10H,9,13H2,1-2H3/t10-/m0/s1. The zero-order valence-electron chi connectivity index (χ0n) is 8.58. The number of ether oxygens (including phenoxy) is 1. The molecule has 0 aliphatic heterocycles. The van der Waals surface area contributed by atoms with Crippen LogP contribution in [0.3, 0.4) is 0 Å². The second-order valence-electron chi connectivity index (χ2n) is 3.04. The largest absolute Gasteiger partial charge is 0.481 e. The fourth-order valence-electron chi connectivity index (χ4n) is 1.17. The van der Waals surface area contributed by atoms with Crippen LogP contribution in [0.5, 0.6) is 5.75 Å². The van der Waals surface area contributed by atoms with E-state index < -0.39 is 0 Å². The third-order valence-corrected chi connectivity index (χ3v) is 1.89. The summed E-state index contributed by atoms with van der Waals surface area (Å²) in [5.74, 6) is 6.45. The van der Waals surface area contributed by atoms with Crippen LogP contribution in [0.1, 0.15) is 25.5 Å². The van der Waals surface area contributed by atoms with E-state index >= 15 is 0 Å². The van der Waals surface area contributed by atoms with E-state index in [4.69, 9.17) is 10.5 Å². The Bertz CT molecular complexity index is 347. The smallest absolute Gasteiger partial charge is 0.149 e. The Morgan fingerprint density at radius 3 is 2.79 bits per heavy atom. The highest BCUT2D eigenvalue weighted by atomic mass is 16.5. The first kappa shape index (κ1) is 10.6. The van der Waals surface area contributed by atoms with E-state index in [1.54, 1.807) is 6.92 Å². The van der Waals surface area contributed by atoms with Crippen LogP contribution in [-0.2, 0) is 0 Å². The van der Waals surface area contributed by atoms with Gasteiger partial charge in [0.1, 0.15) is 12.4 Å². The first-order valence-corrected chi connectivity index (χ1v) is 4.62. The molecule has 2 N–H and O–H groups in total. The summed E-state index contributed by atoms with van der Waals surface area (Å²) in [7, 11) is 0. The fraction of sp³-hybridized carbons (Fsp3) is 0.333. The summed E-state index contributed by atoms with van der Waals surface area (Å²) in [5.41, 5.74) is 6.82. The summed E-state index contributed by atoms with van der Waals surface area (Å²) in [6.45, 7) is 4.15. The summed E-state index contributed by atoms with van der Waals surface area (Å²) < 4.78 is 5.49. The van der Waals surface area contributed by atoms with Gasteiger partial charge in [-0.05, 0) is 19.9 Å². The van der Waals surface area contributed by atoms with Gasteiger partial charge in [0.2, 0.25) is 0 Å². The van der Waals surface area contributed by atoms with Crippen molar-refractivity contribution in [3.05, 3.63) is 29.8 Å². The average molecular weight is 189 g/mol. The van der Waals surface area contributed by atoms with E-state index in [1.165, 1.54) is 0 Å². The molecule has 0 aliphatic carbocycles. The van der Waals surface area contributed by atoms with E-state index in [0.717, 1.165) is 11.3 Å². The van der Waals surface area contributed by atoms with Gasteiger partial charge in [0.25, 0.3) is 0 Å². The van der Waals surface area contributed by atoms with Crippen LogP contribution in [0.2, 0.25) is 0 Å². The predicted octanol–water partition coefficient (Wildman–Crippen LogP) is 2.11. The van der Waals surface area contributed by atoms with Crippen molar-refractivity contribution in [3.63, 3.8) is 0 Å². The minimum Gasteiger partial charge on any atom is -0.481 e. The molecule has 1 aromatic carbocycles. The molecule has 0 fully saturated rings. The van der Waals surface area contributed by atoms with Gasteiger partial charge < -0.3 is 10.5 Å². The minimum absolute atomic E-state index is 0.0132. The van der Waals surface area contributed by atoms with Crippen molar-refractivity contribution in [1.29, 1.82) is 0 Å². The van der Waals surface area contributed by atoms with Crippen LogP contribution in [-0.4, -0.2) is 6.61 Å². The highest BCUT2D eigenvalue weighted by Gasteiger charge is 2.05. The quantitative estimate of drug-likeness (QED) is 0.739. The van der Waals surface area contributed by atoms with Crippen LogP contribution in [0.25, 0.3) is 0 Å². The summed E-state index contributed by atoms with van der Waals surface area (Å²) in [4.78, 5) is 0. The lowest BCUT2D eigenvalue weighted by Gasteiger charge is -2.11. The molecule has 2 heteroatoms. The van der Waals surface area contributed by atoms with Crippen molar-refractivity contribution in [3.8, 4) is 17.6 Å². The average Bonchev–Trinajstić information content (AvgIpc) is 2.19. The van der Waals surface area contributed by atoms with Crippen molar-refractivity contribution in [1.82, 2.24) is 0 Å². The van der Waals surface area contributed by atoms with Crippen LogP contribution in [0.15, 0.2) is 24.3 Å². The lowest BCUT2D eigenvalue weighted by Crippen LogP contribution is -2.07. The second-order valence-corrected chi connectivity index (χ2v) is 3.04. The molecular weight excluding hydrogens is 174 g/mol. The monoisotopic (exact) mass is 189 g/mol. The van der Waals surface area contributed by atoms with Crippen molar-refractivity contribution < 1.29 is 4.74 Å². The third kappa shape index (κ3) is 2.79. The van der Waals surface area contributed by atoms with Crippen molar-refractivity contribution in [2.75, 3.05) is 6.61 Å². The van der Waals surface area contributed by atoms with Gasteiger partial charge in [0.05, 0.1) is 0 Å². The molecule has 2 nitrogen and oxygen atoms in total. The molecule has 0 aliphatic rings. The Morgan fingerprint density at radius 1 is 1.43 bits per heavy atom. The van der Waals surface area contributed by atoms with Crippen molar-refractivity contribution in [2.45, 2.75) is 19.9 Å². The Balaban J connectivity index is 2.77. The number of para-hydroxylation sites is 1. The van der Waals surface area contributed by atoms with Gasteiger partial charge in [0, 0.05) is 11.6 Å². The molecule has 0 saturated carbocycles.